The van der Waals surface area contributed by atoms with E-state index < -0.39 is 29.8 Å². The van der Waals surface area contributed by atoms with E-state index in [1.165, 1.54) is 4.90 Å². The fourth-order valence-corrected chi connectivity index (χ4v) is 4.45. The smallest absolute Gasteiger partial charge is 0.255 e. The Labute approximate surface area is 236 Å². The molecule has 2 N–H and O–H groups in total. The van der Waals surface area contributed by atoms with Crippen LogP contribution in [0.3, 0.4) is 0 Å². The van der Waals surface area contributed by atoms with Gasteiger partial charge >= 0.3 is 0 Å². The summed E-state index contributed by atoms with van der Waals surface area (Å²) in [5.41, 5.74) is 0.236. The molecule has 1 aliphatic heterocycles. The number of benzene rings is 2. The van der Waals surface area contributed by atoms with Gasteiger partial charge in [0.1, 0.15) is 36.8 Å². The van der Waals surface area contributed by atoms with Gasteiger partial charge in [-0.15, -0.1) is 0 Å². The Morgan fingerprint density at radius 2 is 1.77 bits per heavy atom. The molecular formula is C30H40N4O6. The molecule has 0 spiro atoms. The van der Waals surface area contributed by atoms with Gasteiger partial charge in [0.15, 0.2) is 0 Å². The van der Waals surface area contributed by atoms with E-state index in [0.717, 1.165) is 0 Å². The first-order valence-electron chi connectivity index (χ1n) is 13.7. The molecule has 2 atom stereocenters. The number of para-hydroxylation sites is 2. The Morgan fingerprint density at radius 3 is 2.48 bits per heavy atom. The zero-order valence-corrected chi connectivity index (χ0v) is 23.7. The van der Waals surface area contributed by atoms with Gasteiger partial charge in [-0.3, -0.25) is 19.2 Å². The van der Waals surface area contributed by atoms with Crippen molar-refractivity contribution in [1.29, 1.82) is 0 Å². The number of rotatable bonds is 8. The topological polar surface area (TPSA) is 117 Å². The SMILES string of the molecule is CCN1CCOc2ccccc2C(=O)N[C@H](C(=O)N(C)CCOc2ccccc2)CC(=O)N[C@H](CC(C)C)C1=O. The summed E-state index contributed by atoms with van der Waals surface area (Å²) in [5.74, 6) is -0.540. The van der Waals surface area contributed by atoms with E-state index in [0.29, 0.717) is 31.0 Å². The highest BCUT2D eigenvalue weighted by molar-refractivity contribution is 6.01. The number of likely N-dealkylation sites (N-methyl/N-ethyl adjacent to an activating group) is 2. The van der Waals surface area contributed by atoms with E-state index in [2.05, 4.69) is 10.6 Å². The molecule has 4 amide bonds. The van der Waals surface area contributed by atoms with Crippen LogP contribution in [0.15, 0.2) is 54.6 Å². The van der Waals surface area contributed by atoms with Crippen LogP contribution < -0.4 is 20.1 Å². The van der Waals surface area contributed by atoms with Gasteiger partial charge in [-0.05, 0) is 43.5 Å². The van der Waals surface area contributed by atoms with Gasteiger partial charge in [0, 0.05) is 13.6 Å². The molecule has 0 saturated carbocycles. The molecule has 0 unspecified atom stereocenters. The molecule has 10 heteroatoms. The number of carbonyl (C=O) groups is 4. The van der Waals surface area contributed by atoms with Crippen LogP contribution in [0.2, 0.25) is 0 Å². The van der Waals surface area contributed by atoms with E-state index in [1.807, 2.05) is 51.1 Å². The van der Waals surface area contributed by atoms with Crippen LogP contribution >= 0.6 is 0 Å². The molecule has 0 fully saturated rings. The van der Waals surface area contributed by atoms with Gasteiger partial charge in [0.25, 0.3) is 5.91 Å². The second kappa shape index (κ2) is 14.9. The van der Waals surface area contributed by atoms with Crippen molar-refractivity contribution in [3.63, 3.8) is 0 Å². The molecule has 2 aromatic carbocycles. The Balaban J connectivity index is 1.84. The predicted octanol–water partition coefficient (Wildman–Crippen LogP) is 2.48. The zero-order valence-electron chi connectivity index (χ0n) is 23.7. The maximum Gasteiger partial charge on any atom is 0.255 e. The minimum atomic E-state index is -1.16. The molecule has 10 nitrogen and oxygen atoms in total. The Morgan fingerprint density at radius 1 is 1.07 bits per heavy atom. The van der Waals surface area contributed by atoms with Crippen LogP contribution in [0.25, 0.3) is 0 Å². The lowest BCUT2D eigenvalue weighted by Gasteiger charge is -2.29. The summed E-state index contributed by atoms with van der Waals surface area (Å²) in [7, 11) is 1.59. The highest BCUT2D eigenvalue weighted by Crippen LogP contribution is 2.19. The number of carbonyl (C=O) groups excluding carboxylic acids is 4. The normalized spacial score (nSPS) is 18.6. The number of nitrogens with zero attached hydrogens (tertiary/aromatic N) is 2. The van der Waals surface area contributed by atoms with Crippen molar-refractivity contribution in [3.8, 4) is 11.5 Å². The minimum Gasteiger partial charge on any atom is -0.492 e. The van der Waals surface area contributed by atoms with Crippen LogP contribution in [-0.2, 0) is 14.4 Å². The lowest BCUT2D eigenvalue weighted by atomic mass is 10.0. The Hall–Kier alpha value is -4.08. The molecule has 1 heterocycles. The predicted molar refractivity (Wildman–Crippen MR) is 151 cm³/mol. The van der Waals surface area contributed by atoms with Crippen LogP contribution in [-0.4, -0.2) is 85.4 Å². The average Bonchev–Trinajstić information content (AvgIpc) is 2.94. The van der Waals surface area contributed by atoms with Crippen LogP contribution in [0.4, 0.5) is 0 Å². The third-order valence-corrected chi connectivity index (χ3v) is 6.59. The third kappa shape index (κ3) is 8.72. The van der Waals surface area contributed by atoms with Crippen molar-refractivity contribution in [2.45, 2.75) is 45.7 Å². The fraction of sp³-hybridized carbons (Fsp3) is 0.467. The van der Waals surface area contributed by atoms with Crippen molar-refractivity contribution in [2.75, 3.05) is 39.9 Å². The van der Waals surface area contributed by atoms with Gasteiger partial charge in [-0.25, -0.2) is 0 Å². The maximum absolute atomic E-state index is 13.5. The van der Waals surface area contributed by atoms with E-state index in [4.69, 9.17) is 9.47 Å². The highest BCUT2D eigenvalue weighted by Gasteiger charge is 2.31. The number of hydrogen-bond acceptors (Lipinski definition) is 6. The average molecular weight is 553 g/mol. The van der Waals surface area contributed by atoms with Crippen molar-refractivity contribution < 1.29 is 28.7 Å². The maximum atomic E-state index is 13.5. The van der Waals surface area contributed by atoms with Crippen LogP contribution in [0.1, 0.15) is 44.0 Å². The number of amides is 4. The molecule has 3 rings (SSSR count). The third-order valence-electron chi connectivity index (χ3n) is 6.59. The molecule has 0 bridgehead atoms. The minimum absolute atomic E-state index is 0.142. The summed E-state index contributed by atoms with van der Waals surface area (Å²) in [5, 5.41) is 5.55. The van der Waals surface area contributed by atoms with Crippen molar-refractivity contribution in [2.24, 2.45) is 5.92 Å². The molecule has 216 valence electrons. The molecular weight excluding hydrogens is 512 g/mol. The largest absolute Gasteiger partial charge is 0.492 e. The quantitative estimate of drug-likeness (QED) is 0.520. The van der Waals surface area contributed by atoms with Gasteiger partial charge in [0.2, 0.25) is 17.7 Å². The summed E-state index contributed by atoms with van der Waals surface area (Å²) in [6, 6.07) is 14.0. The monoisotopic (exact) mass is 552 g/mol. The number of fused-ring (bicyclic) bond motifs is 1. The van der Waals surface area contributed by atoms with E-state index in [9.17, 15) is 19.2 Å². The molecule has 0 saturated heterocycles. The summed E-state index contributed by atoms with van der Waals surface area (Å²) < 4.78 is 11.6. The molecule has 40 heavy (non-hydrogen) atoms. The van der Waals surface area contributed by atoms with Gasteiger partial charge in [-0.2, -0.15) is 0 Å². The number of ether oxygens (including phenoxy) is 2. The first kappa shape index (κ1) is 30.5. The molecule has 0 aromatic heterocycles. The second-order valence-corrected chi connectivity index (χ2v) is 10.2. The summed E-state index contributed by atoms with van der Waals surface area (Å²) in [6.07, 6.45) is 0.109. The molecule has 1 aliphatic rings. The van der Waals surface area contributed by atoms with Crippen LogP contribution in [0.5, 0.6) is 11.5 Å². The number of hydrogen-bond donors (Lipinski definition) is 2. The van der Waals surface area contributed by atoms with Gasteiger partial charge in [0.05, 0.1) is 25.1 Å². The lowest BCUT2D eigenvalue weighted by molar-refractivity contribution is -0.138. The van der Waals surface area contributed by atoms with E-state index >= 15 is 0 Å². The number of nitrogens with one attached hydrogen (secondary N) is 2. The Bertz CT molecular complexity index is 1160. The van der Waals surface area contributed by atoms with E-state index in [-0.39, 0.29) is 43.6 Å². The summed E-state index contributed by atoms with van der Waals surface area (Å²) in [4.78, 5) is 56.4. The van der Waals surface area contributed by atoms with Crippen molar-refractivity contribution >= 4 is 23.6 Å². The first-order chi connectivity index (χ1) is 19.2. The molecule has 0 aliphatic carbocycles. The van der Waals surface area contributed by atoms with Crippen molar-refractivity contribution in [3.05, 3.63) is 60.2 Å². The van der Waals surface area contributed by atoms with E-state index in [1.54, 1.807) is 36.2 Å². The zero-order chi connectivity index (χ0) is 29.1. The molecule has 2 aromatic rings. The van der Waals surface area contributed by atoms with Crippen molar-refractivity contribution in [1.82, 2.24) is 20.4 Å². The van der Waals surface area contributed by atoms with Crippen LogP contribution in [0, 0.1) is 5.92 Å². The molecule has 0 radical (unpaired) electrons. The summed E-state index contributed by atoms with van der Waals surface area (Å²) in [6.45, 7) is 7.18. The first-order valence-corrected chi connectivity index (χ1v) is 13.7. The highest BCUT2D eigenvalue weighted by atomic mass is 16.5. The van der Waals surface area contributed by atoms with Gasteiger partial charge in [-0.1, -0.05) is 44.2 Å². The second-order valence-electron chi connectivity index (χ2n) is 10.2. The standard InChI is InChI=1S/C30H40N4O6/c1-5-34-16-18-40-26-14-10-9-13-23(26)28(36)32-25(20-27(35)31-24(30(34)38)19-21(2)3)29(37)33(4)15-17-39-22-11-7-6-8-12-22/h6-14,21,24-25H,5,15-20H2,1-4H3,(H,31,35)(H,32,36)/t24-,25+/m1/s1. The fourth-order valence-electron chi connectivity index (χ4n) is 4.45. The van der Waals surface area contributed by atoms with Gasteiger partial charge < -0.3 is 29.9 Å². The lowest BCUT2D eigenvalue weighted by Crippen LogP contribution is -2.54. The summed E-state index contributed by atoms with van der Waals surface area (Å²) >= 11 is 0. The Kier molecular flexibility index (Phi) is 11.4.